The second-order valence-corrected chi connectivity index (χ2v) is 4.25. The lowest BCUT2D eigenvalue weighted by Gasteiger charge is -2.16. The molecule has 0 aliphatic carbocycles. The summed E-state index contributed by atoms with van der Waals surface area (Å²) in [6.45, 7) is 6.99. The van der Waals surface area contributed by atoms with Crippen LogP contribution in [0.4, 0.5) is 15.8 Å². The highest BCUT2D eigenvalue weighted by Gasteiger charge is 2.07. The average molecular weight is 224 g/mol. The van der Waals surface area contributed by atoms with E-state index in [0.717, 1.165) is 25.1 Å². The lowest BCUT2D eigenvalue weighted by atomic mass is 10.0. The van der Waals surface area contributed by atoms with Gasteiger partial charge in [0.05, 0.1) is 11.4 Å². The van der Waals surface area contributed by atoms with Crippen molar-refractivity contribution in [1.82, 2.24) is 0 Å². The van der Waals surface area contributed by atoms with Crippen LogP contribution in [0.1, 0.15) is 32.3 Å². The van der Waals surface area contributed by atoms with Gasteiger partial charge < -0.3 is 11.1 Å². The van der Waals surface area contributed by atoms with Gasteiger partial charge in [-0.2, -0.15) is 0 Å². The Balaban J connectivity index is 2.70. The highest BCUT2D eigenvalue weighted by Crippen LogP contribution is 2.23. The van der Waals surface area contributed by atoms with Gasteiger partial charge in [-0.3, -0.25) is 0 Å². The molecular formula is C13H21FN2. The molecule has 16 heavy (non-hydrogen) atoms. The van der Waals surface area contributed by atoms with Gasteiger partial charge in [-0.1, -0.05) is 26.7 Å². The molecule has 0 aliphatic rings. The molecule has 0 unspecified atom stereocenters. The maximum Gasteiger partial charge on any atom is 0.128 e. The number of aryl methyl sites for hydroxylation is 1. The van der Waals surface area contributed by atoms with Gasteiger partial charge in [-0.05, 0) is 30.5 Å². The molecule has 1 aromatic carbocycles. The van der Waals surface area contributed by atoms with Crippen LogP contribution in [0.15, 0.2) is 12.1 Å². The minimum Gasteiger partial charge on any atom is -0.397 e. The summed E-state index contributed by atoms with van der Waals surface area (Å²) in [6, 6.07) is 3.15. The second kappa shape index (κ2) is 5.73. The molecule has 0 heterocycles. The molecule has 0 bridgehead atoms. The van der Waals surface area contributed by atoms with Gasteiger partial charge in [0, 0.05) is 6.54 Å². The first-order valence-corrected chi connectivity index (χ1v) is 5.87. The van der Waals surface area contributed by atoms with E-state index >= 15 is 0 Å². The zero-order valence-corrected chi connectivity index (χ0v) is 10.3. The molecule has 90 valence electrons. The summed E-state index contributed by atoms with van der Waals surface area (Å²) >= 11 is 0. The fraction of sp³-hybridized carbons (Fsp3) is 0.538. The van der Waals surface area contributed by atoms with Crippen LogP contribution < -0.4 is 11.1 Å². The third kappa shape index (κ3) is 3.12. The molecular weight excluding hydrogens is 203 g/mol. The van der Waals surface area contributed by atoms with Crippen LogP contribution in [0.2, 0.25) is 0 Å². The van der Waals surface area contributed by atoms with E-state index in [9.17, 15) is 4.39 Å². The molecule has 3 N–H and O–H groups in total. The number of halogens is 1. The van der Waals surface area contributed by atoms with E-state index in [-0.39, 0.29) is 5.82 Å². The molecule has 0 aromatic heterocycles. The molecule has 0 amide bonds. The number of hydrogen-bond donors (Lipinski definition) is 2. The Kier molecular flexibility index (Phi) is 4.59. The van der Waals surface area contributed by atoms with Crippen molar-refractivity contribution in [2.45, 2.75) is 33.6 Å². The average Bonchev–Trinajstić information content (AvgIpc) is 2.26. The van der Waals surface area contributed by atoms with Crippen LogP contribution in [0.3, 0.4) is 0 Å². The third-order valence-corrected chi connectivity index (χ3v) is 3.07. The molecule has 0 fully saturated rings. The summed E-state index contributed by atoms with van der Waals surface area (Å²) in [6.07, 6.45) is 2.28. The van der Waals surface area contributed by atoms with Gasteiger partial charge in [0.25, 0.3) is 0 Å². The van der Waals surface area contributed by atoms with E-state index < -0.39 is 0 Å². The summed E-state index contributed by atoms with van der Waals surface area (Å²) < 4.78 is 13.2. The fourth-order valence-corrected chi connectivity index (χ4v) is 1.68. The fourth-order valence-electron chi connectivity index (χ4n) is 1.68. The van der Waals surface area contributed by atoms with Crippen LogP contribution in [-0.2, 0) is 0 Å². The predicted octanol–water partition coefficient (Wildman–Crippen LogP) is 3.56. The van der Waals surface area contributed by atoms with Crippen LogP contribution in [-0.4, -0.2) is 6.54 Å². The molecule has 0 radical (unpaired) electrons. The molecule has 0 saturated heterocycles. The highest BCUT2D eigenvalue weighted by molar-refractivity contribution is 5.67. The van der Waals surface area contributed by atoms with Crippen LogP contribution in [0.25, 0.3) is 0 Å². The van der Waals surface area contributed by atoms with Crippen molar-refractivity contribution >= 4 is 11.4 Å². The first-order valence-electron chi connectivity index (χ1n) is 5.87. The third-order valence-electron chi connectivity index (χ3n) is 3.07. The number of anilines is 2. The molecule has 1 aromatic rings. The Hall–Kier alpha value is -1.25. The van der Waals surface area contributed by atoms with E-state index in [4.69, 9.17) is 5.73 Å². The molecule has 0 aliphatic heterocycles. The van der Waals surface area contributed by atoms with Crippen molar-refractivity contribution in [3.63, 3.8) is 0 Å². The van der Waals surface area contributed by atoms with Crippen LogP contribution in [0, 0.1) is 18.7 Å². The number of nitrogens with two attached hydrogens (primary N) is 1. The Labute approximate surface area is 97.0 Å². The van der Waals surface area contributed by atoms with Crippen molar-refractivity contribution < 1.29 is 4.39 Å². The summed E-state index contributed by atoms with van der Waals surface area (Å²) in [5, 5.41) is 3.29. The zero-order valence-electron chi connectivity index (χ0n) is 10.3. The highest BCUT2D eigenvalue weighted by atomic mass is 19.1. The Morgan fingerprint density at radius 2 is 1.94 bits per heavy atom. The molecule has 0 spiro atoms. The minimum absolute atomic E-state index is 0.245. The van der Waals surface area contributed by atoms with Crippen molar-refractivity contribution in [3.8, 4) is 0 Å². The molecule has 3 heteroatoms. The van der Waals surface area contributed by atoms with Crippen molar-refractivity contribution in [1.29, 1.82) is 0 Å². The number of nitrogens with one attached hydrogen (secondary N) is 1. The number of hydrogen-bond acceptors (Lipinski definition) is 2. The minimum atomic E-state index is -0.245. The van der Waals surface area contributed by atoms with Gasteiger partial charge in [0.2, 0.25) is 0 Å². The number of benzene rings is 1. The normalized spacial score (nSPS) is 10.8. The maximum absolute atomic E-state index is 13.2. The smallest absolute Gasteiger partial charge is 0.128 e. The van der Waals surface area contributed by atoms with E-state index in [1.165, 1.54) is 6.07 Å². The lowest BCUT2D eigenvalue weighted by molar-refractivity contribution is 0.519. The van der Waals surface area contributed by atoms with E-state index in [1.807, 2.05) is 0 Å². The van der Waals surface area contributed by atoms with Crippen molar-refractivity contribution in [2.24, 2.45) is 5.92 Å². The monoisotopic (exact) mass is 224 g/mol. The number of nitrogen functional groups attached to an aromatic ring is 1. The number of rotatable bonds is 5. The Bertz CT molecular complexity index is 346. The van der Waals surface area contributed by atoms with E-state index in [2.05, 4.69) is 19.2 Å². The lowest BCUT2D eigenvalue weighted by Crippen LogP contribution is -2.14. The standard InChI is InChI=1S/C13H21FN2/c1-4-10(5-2)8-16-13-6-9(3)11(14)7-12(13)15/h6-7,10,16H,4-5,8,15H2,1-3H3. The van der Waals surface area contributed by atoms with Crippen LogP contribution >= 0.6 is 0 Å². The van der Waals surface area contributed by atoms with E-state index in [0.29, 0.717) is 17.2 Å². The summed E-state index contributed by atoms with van der Waals surface area (Å²) in [7, 11) is 0. The largest absolute Gasteiger partial charge is 0.397 e. The van der Waals surface area contributed by atoms with Crippen molar-refractivity contribution in [2.75, 3.05) is 17.6 Å². The van der Waals surface area contributed by atoms with Gasteiger partial charge in [0.1, 0.15) is 5.82 Å². The molecule has 0 saturated carbocycles. The molecule has 0 atom stereocenters. The quantitative estimate of drug-likeness (QED) is 0.750. The Morgan fingerprint density at radius 1 is 1.31 bits per heavy atom. The molecule has 2 nitrogen and oxygen atoms in total. The zero-order chi connectivity index (χ0) is 12.1. The summed E-state index contributed by atoms with van der Waals surface area (Å²) in [4.78, 5) is 0. The molecule has 1 rings (SSSR count). The first kappa shape index (κ1) is 12.8. The van der Waals surface area contributed by atoms with Crippen LogP contribution in [0.5, 0.6) is 0 Å². The Morgan fingerprint density at radius 3 is 2.50 bits per heavy atom. The topological polar surface area (TPSA) is 38.0 Å². The van der Waals surface area contributed by atoms with E-state index in [1.54, 1.807) is 13.0 Å². The second-order valence-electron chi connectivity index (χ2n) is 4.25. The predicted molar refractivity (Wildman–Crippen MR) is 68.1 cm³/mol. The van der Waals surface area contributed by atoms with Crippen molar-refractivity contribution in [3.05, 3.63) is 23.5 Å². The van der Waals surface area contributed by atoms with Gasteiger partial charge >= 0.3 is 0 Å². The summed E-state index contributed by atoms with van der Waals surface area (Å²) in [5.74, 6) is 0.398. The van der Waals surface area contributed by atoms with Gasteiger partial charge in [0.15, 0.2) is 0 Å². The maximum atomic E-state index is 13.2. The van der Waals surface area contributed by atoms with Gasteiger partial charge in [-0.25, -0.2) is 4.39 Å². The first-order chi connectivity index (χ1) is 7.58. The summed E-state index contributed by atoms with van der Waals surface area (Å²) in [5.41, 5.74) is 7.70. The van der Waals surface area contributed by atoms with Gasteiger partial charge in [-0.15, -0.1) is 0 Å². The SMILES string of the molecule is CCC(CC)CNc1cc(C)c(F)cc1N.